The molecule has 126 valence electrons. The summed E-state index contributed by atoms with van der Waals surface area (Å²) in [6.45, 7) is 3.70. The van der Waals surface area contributed by atoms with E-state index in [0.717, 1.165) is 5.56 Å². The molecule has 2 rings (SSSR count). The van der Waals surface area contributed by atoms with Crippen LogP contribution in [0.25, 0.3) is 0 Å². The first kappa shape index (κ1) is 17.5. The summed E-state index contributed by atoms with van der Waals surface area (Å²) in [4.78, 5) is 23.6. The number of carbonyl (C=O) groups is 2. The summed E-state index contributed by atoms with van der Waals surface area (Å²) in [7, 11) is -3.05. The van der Waals surface area contributed by atoms with Crippen molar-refractivity contribution in [2.45, 2.75) is 32.2 Å². The number of carbonyl (C=O) groups excluding carboxylic acids is 2. The van der Waals surface area contributed by atoms with Crippen molar-refractivity contribution in [3.63, 3.8) is 0 Å². The molecule has 0 saturated carbocycles. The minimum Gasteiger partial charge on any atom is -0.452 e. The number of hydrogen-bond acceptors (Lipinski definition) is 5. The van der Waals surface area contributed by atoms with Crippen LogP contribution in [0.5, 0.6) is 0 Å². The molecule has 0 radical (unpaired) electrons. The van der Waals surface area contributed by atoms with E-state index in [0.29, 0.717) is 17.9 Å². The summed E-state index contributed by atoms with van der Waals surface area (Å²) >= 11 is 0. The Morgan fingerprint density at radius 2 is 1.91 bits per heavy atom. The lowest BCUT2D eigenvalue weighted by atomic mass is 10.0. The Kier molecular flexibility index (Phi) is 5.41. The Balaban J connectivity index is 1.81. The zero-order valence-electron chi connectivity index (χ0n) is 13.2. The lowest BCUT2D eigenvalue weighted by molar-refractivity contribution is -0.124. The highest BCUT2D eigenvalue weighted by atomic mass is 32.2. The van der Waals surface area contributed by atoms with Gasteiger partial charge in [0.15, 0.2) is 16.4 Å². The van der Waals surface area contributed by atoms with Crippen LogP contribution < -0.4 is 5.32 Å². The molecule has 1 aliphatic heterocycles. The van der Waals surface area contributed by atoms with Gasteiger partial charge in [0, 0.05) is 6.04 Å². The SMILES string of the molecule is CC(C)c1ccc(C(=O)OCC(=O)N[C@@H]2CCS(=O)(=O)C2)cc1. The molecule has 6 nitrogen and oxygen atoms in total. The third-order valence-electron chi connectivity index (χ3n) is 3.74. The van der Waals surface area contributed by atoms with Crippen LogP contribution in [0, 0.1) is 0 Å². The second-order valence-corrected chi connectivity index (χ2v) is 8.25. The third kappa shape index (κ3) is 5.06. The van der Waals surface area contributed by atoms with Crippen molar-refractivity contribution in [1.29, 1.82) is 0 Å². The lowest BCUT2D eigenvalue weighted by Crippen LogP contribution is -2.38. The molecule has 1 aromatic carbocycles. The molecule has 0 aliphatic carbocycles. The third-order valence-corrected chi connectivity index (χ3v) is 5.51. The average Bonchev–Trinajstić information content (AvgIpc) is 2.83. The summed E-state index contributed by atoms with van der Waals surface area (Å²) in [5.41, 5.74) is 1.49. The monoisotopic (exact) mass is 339 g/mol. The van der Waals surface area contributed by atoms with E-state index in [9.17, 15) is 18.0 Å². The van der Waals surface area contributed by atoms with Gasteiger partial charge in [0.25, 0.3) is 5.91 Å². The van der Waals surface area contributed by atoms with E-state index in [2.05, 4.69) is 19.2 Å². The Morgan fingerprint density at radius 1 is 1.26 bits per heavy atom. The van der Waals surface area contributed by atoms with E-state index in [1.165, 1.54) is 0 Å². The number of esters is 1. The van der Waals surface area contributed by atoms with Crippen molar-refractivity contribution in [3.05, 3.63) is 35.4 Å². The molecule has 1 aromatic rings. The van der Waals surface area contributed by atoms with Crippen molar-refractivity contribution in [2.24, 2.45) is 0 Å². The average molecular weight is 339 g/mol. The first-order valence-corrected chi connectivity index (χ1v) is 9.36. The van der Waals surface area contributed by atoms with Crippen LogP contribution in [-0.2, 0) is 19.4 Å². The summed E-state index contributed by atoms with van der Waals surface area (Å²) in [6, 6.07) is 6.64. The number of amides is 1. The van der Waals surface area contributed by atoms with Crippen molar-refractivity contribution in [1.82, 2.24) is 5.32 Å². The van der Waals surface area contributed by atoms with Crippen LogP contribution >= 0.6 is 0 Å². The van der Waals surface area contributed by atoms with Gasteiger partial charge in [-0.1, -0.05) is 26.0 Å². The minimum atomic E-state index is -3.05. The molecular formula is C16H21NO5S. The molecule has 1 heterocycles. The van der Waals surface area contributed by atoms with Crippen LogP contribution in [-0.4, -0.2) is 44.4 Å². The smallest absolute Gasteiger partial charge is 0.338 e. The topological polar surface area (TPSA) is 89.5 Å². The molecule has 1 amide bonds. The zero-order chi connectivity index (χ0) is 17.0. The van der Waals surface area contributed by atoms with Crippen molar-refractivity contribution < 1.29 is 22.7 Å². The molecular weight excluding hydrogens is 318 g/mol. The molecule has 1 N–H and O–H groups in total. The fraction of sp³-hybridized carbons (Fsp3) is 0.500. The van der Waals surface area contributed by atoms with E-state index in [1.54, 1.807) is 12.1 Å². The Morgan fingerprint density at radius 3 is 2.43 bits per heavy atom. The van der Waals surface area contributed by atoms with Gasteiger partial charge >= 0.3 is 5.97 Å². The molecule has 1 saturated heterocycles. The van der Waals surface area contributed by atoms with Crippen LogP contribution in [0.2, 0.25) is 0 Å². The van der Waals surface area contributed by atoms with Crippen molar-refractivity contribution in [3.8, 4) is 0 Å². The van der Waals surface area contributed by atoms with Gasteiger partial charge in [0.2, 0.25) is 0 Å². The van der Waals surface area contributed by atoms with E-state index >= 15 is 0 Å². The molecule has 7 heteroatoms. The highest BCUT2D eigenvalue weighted by Crippen LogP contribution is 2.15. The molecule has 0 bridgehead atoms. The van der Waals surface area contributed by atoms with Gasteiger partial charge in [-0.2, -0.15) is 0 Å². The zero-order valence-corrected chi connectivity index (χ0v) is 14.1. The maximum Gasteiger partial charge on any atom is 0.338 e. The van der Waals surface area contributed by atoms with Crippen molar-refractivity contribution in [2.75, 3.05) is 18.1 Å². The minimum absolute atomic E-state index is 0.0522. The maximum atomic E-state index is 11.9. The quantitative estimate of drug-likeness (QED) is 0.816. The van der Waals surface area contributed by atoms with Gasteiger partial charge in [-0.3, -0.25) is 4.79 Å². The van der Waals surface area contributed by atoms with Crippen LogP contribution in [0.1, 0.15) is 42.1 Å². The fourth-order valence-corrected chi connectivity index (χ4v) is 4.07. The maximum absolute atomic E-state index is 11.9. The molecule has 1 fully saturated rings. The molecule has 0 aromatic heterocycles. The Labute approximate surface area is 136 Å². The lowest BCUT2D eigenvalue weighted by Gasteiger charge is -2.11. The van der Waals surface area contributed by atoms with Gasteiger partial charge in [-0.05, 0) is 30.0 Å². The normalized spacial score (nSPS) is 19.5. The number of hydrogen-bond donors (Lipinski definition) is 1. The van der Waals surface area contributed by atoms with E-state index in [4.69, 9.17) is 4.74 Å². The van der Waals surface area contributed by atoms with Crippen LogP contribution in [0.4, 0.5) is 0 Å². The van der Waals surface area contributed by atoms with E-state index in [1.807, 2.05) is 12.1 Å². The summed E-state index contributed by atoms with van der Waals surface area (Å²) < 4.78 is 27.6. The van der Waals surface area contributed by atoms with Gasteiger partial charge in [0.1, 0.15) is 0 Å². The number of nitrogens with one attached hydrogen (secondary N) is 1. The highest BCUT2D eigenvalue weighted by molar-refractivity contribution is 7.91. The molecule has 1 atom stereocenters. The number of rotatable bonds is 5. The van der Waals surface area contributed by atoms with Crippen molar-refractivity contribution >= 4 is 21.7 Å². The first-order valence-electron chi connectivity index (χ1n) is 7.54. The standard InChI is InChI=1S/C16H21NO5S/c1-11(2)12-3-5-13(6-4-12)16(19)22-9-15(18)17-14-7-8-23(20,21)10-14/h3-6,11,14H,7-10H2,1-2H3,(H,17,18)/t14-/m1/s1. The molecule has 0 spiro atoms. The Bertz CT molecular complexity index is 679. The summed E-state index contributed by atoms with van der Waals surface area (Å²) in [5.74, 6) is -0.661. The van der Waals surface area contributed by atoms with Gasteiger partial charge < -0.3 is 10.1 Å². The van der Waals surface area contributed by atoms with Gasteiger partial charge in [0.05, 0.1) is 17.1 Å². The second-order valence-electron chi connectivity index (χ2n) is 6.02. The first-order chi connectivity index (χ1) is 10.8. The second kappa shape index (κ2) is 7.12. The van der Waals surface area contributed by atoms with E-state index in [-0.39, 0.29) is 11.5 Å². The van der Waals surface area contributed by atoms with E-state index < -0.39 is 34.4 Å². The molecule has 0 unspecified atom stereocenters. The molecule has 1 aliphatic rings. The Hall–Kier alpha value is -1.89. The fourth-order valence-electron chi connectivity index (χ4n) is 2.40. The number of sulfone groups is 1. The predicted molar refractivity (Wildman–Crippen MR) is 86.0 cm³/mol. The van der Waals surface area contributed by atoms with Gasteiger partial charge in [-0.15, -0.1) is 0 Å². The summed E-state index contributed by atoms with van der Waals surface area (Å²) in [5, 5.41) is 2.57. The summed E-state index contributed by atoms with van der Waals surface area (Å²) in [6.07, 6.45) is 0.401. The largest absolute Gasteiger partial charge is 0.452 e. The van der Waals surface area contributed by atoms with Crippen LogP contribution in [0.3, 0.4) is 0 Å². The van der Waals surface area contributed by atoms with Gasteiger partial charge in [-0.25, -0.2) is 13.2 Å². The number of benzene rings is 1. The molecule has 23 heavy (non-hydrogen) atoms. The predicted octanol–water partition coefficient (Wildman–Crippen LogP) is 1.27. The van der Waals surface area contributed by atoms with Crippen LogP contribution in [0.15, 0.2) is 24.3 Å². The number of ether oxygens (including phenoxy) is 1. The highest BCUT2D eigenvalue weighted by Gasteiger charge is 2.29.